The van der Waals surface area contributed by atoms with Crippen LogP contribution >= 0.6 is 12.4 Å². The first kappa shape index (κ1) is 29.6. The van der Waals surface area contributed by atoms with Crippen molar-refractivity contribution in [3.05, 3.63) is 29.8 Å². The fourth-order valence-electron chi connectivity index (χ4n) is 3.83. The van der Waals surface area contributed by atoms with Crippen LogP contribution in [0.3, 0.4) is 0 Å². The van der Waals surface area contributed by atoms with Crippen LogP contribution in [0.1, 0.15) is 56.9 Å². The van der Waals surface area contributed by atoms with Crippen molar-refractivity contribution in [3.8, 4) is 0 Å². The number of hydrogen-bond acceptors (Lipinski definition) is 5. The Morgan fingerprint density at radius 2 is 1.79 bits per heavy atom. The van der Waals surface area contributed by atoms with Crippen LogP contribution in [-0.4, -0.2) is 44.7 Å². The molecule has 1 aliphatic carbocycles. The number of aliphatic hydroxyl groups excluding tert-OH is 1. The zero-order chi connectivity index (χ0) is 23.8. The van der Waals surface area contributed by atoms with E-state index in [2.05, 4.69) is 10.0 Å². The Kier molecular flexibility index (Phi) is 12.1. The van der Waals surface area contributed by atoms with Crippen molar-refractivity contribution in [1.82, 2.24) is 10.0 Å². The minimum absolute atomic E-state index is 0. The molecule has 0 bridgehead atoms. The van der Waals surface area contributed by atoms with Gasteiger partial charge in [-0.2, -0.15) is 13.2 Å². The van der Waals surface area contributed by atoms with Crippen molar-refractivity contribution in [2.45, 2.75) is 74.6 Å². The van der Waals surface area contributed by atoms with Crippen molar-refractivity contribution in [2.24, 2.45) is 11.7 Å². The van der Waals surface area contributed by atoms with Gasteiger partial charge in [-0.1, -0.05) is 38.2 Å². The molecule has 1 saturated carbocycles. The third kappa shape index (κ3) is 9.78. The zero-order valence-corrected chi connectivity index (χ0v) is 19.9. The Morgan fingerprint density at radius 1 is 1.15 bits per heavy atom. The number of carbonyl (C=O) groups is 1. The van der Waals surface area contributed by atoms with Gasteiger partial charge in [0.25, 0.3) is 0 Å². The molecule has 0 spiro atoms. The number of hydrogen-bond donors (Lipinski definition) is 4. The molecule has 0 saturated heterocycles. The molecular formula is C21H33ClF3N3O4S. The van der Waals surface area contributed by atoms with Crippen LogP contribution in [0.25, 0.3) is 0 Å². The summed E-state index contributed by atoms with van der Waals surface area (Å²) in [6.07, 6.45) is 1.09. The number of benzene rings is 1. The lowest BCUT2D eigenvalue weighted by atomic mass is 9.84. The number of halogens is 4. The first-order valence-electron chi connectivity index (χ1n) is 10.9. The summed E-state index contributed by atoms with van der Waals surface area (Å²) in [4.78, 5) is 11.6. The highest BCUT2D eigenvalue weighted by Crippen LogP contribution is 2.30. The lowest BCUT2D eigenvalue weighted by Crippen LogP contribution is -2.47. The predicted molar refractivity (Wildman–Crippen MR) is 121 cm³/mol. The highest BCUT2D eigenvalue weighted by atomic mass is 35.5. The Bertz CT molecular complexity index is 849. The number of aliphatic hydroxyl groups is 1. The van der Waals surface area contributed by atoms with Crippen LogP contribution in [0.2, 0.25) is 0 Å². The average Bonchev–Trinajstić information content (AvgIpc) is 2.75. The fraction of sp³-hybridized carbons (Fsp3) is 0.667. The van der Waals surface area contributed by atoms with E-state index < -0.39 is 44.7 Å². The van der Waals surface area contributed by atoms with E-state index in [0.717, 1.165) is 43.9 Å². The van der Waals surface area contributed by atoms with Crippen molar-refractivity contribution >= 4 is 28.3 Å². The number of carbonyl (C=O) groups excluding carboxylic acids is 1. The smallest absolute Gasteiger partial charge is 0.382 e. The number of nitrogens with two attached hydrogens (primary N) is 1. The van der Waals surface area contributed by atoms with Gasteiger partial charge in [0, 0.05) is 19.1 Å². The molecule has 0 heterocycles. The second-order valence-corrected chi connectivity index (χ2v) is 10.0. The van der Waals surface area contributed by atoms with Gasteiger partial charge in [0.15, 0.2) is 0 Å². The average molecular weight is 516 g/mol. The van der Waals surface area contributed by atoms with Crippen molar-refractivity contribution in [1.29, 1.82) is 0 Å². The second kappa shape index (κ2) is 13.5. The summed E-state index contributed by atoms with van der Waals surface area (Å²) >= 11 is 0. The van der Waals surface area contributed by atoms with E-state index in [9.17, 15) is 31.5 Å². The summed E-state index contributed by atoms with van der Waals surface area (Å²) in [5, 5.41) is 12.7. The largest absolute Gasteiger partial charge is 0.416 e. The Morgan fingerprint density at radius 3 is 2.42 bits per heavy atom. The number of alkyl halides is 3. The standard InChI is InChI=1S/C21H32F3N3O4S.ClH/c22-21(23,24)16-9-6-10-17(14-16)32(30,31)27-12-5-4-11-26-20(29)19(28)18(25)13-15-7-2-1-3-8-15;/h6,9-10,14-15,18-19,27-28H,1-5,7-8,11-13,25H2,(H,26,29);1H/t18-,19?;/m1./s1. The molecule has 1 aliphatic rings. The number of unbranched alkanes of at least 4 members (excludes halogenated alkanes) is 1. The molecule has 1 aromatic rings. The second-order valence-electron chi connectivity index (χ2n) is 8.27. The van der Waals surface area contributed by atoms with Crippen molar-refractivity contribution in [2.75, 3.05) is 13.1 Å². The normalized spacial score (nSPS) is 17.1. The van der Waals surface area contributed by atoms with E-state index in [1.807, 2.05) is 0 Å². The molecular weight excluding hydrogens is 483 g/mol. The number of sulfonamides is 1. The third-order valence-electron chi connectivity index (χ3n) is 5.67. The summed E-state index contributed by atoms with van der Waals surface area (Å²) in [5.41, 5.74) is 4.95. The molecule has 2 rings (SSSR count). The van der Waals surface area contributed by atoms with Gasteiger partial charge in [-0.05, 0) is 43.4 Å². The topological polar surface area (TPSA) is 122 Å². The van der Waals surface area contributed by atoms with Gasteiger partial charge in [-0.3, -0.25) is 4.79 Å². The summed E-state index contributed by atoms with van der Waals surface area (Å²) < 4.78 is 64.9. The van der Waals surface area contributed by atoms with Gasteiger partial charge >= 0.3 is 6.18 Å². The maximum absolute atomic E-state index is 12.8. The summed E-state index contributed by atoms with van der Waals surface area (Å²) in [6.45, 7) is 0.218. The van der Waals surface area contributed by atoms with Crippen LogP contribution in [0.15, 0.2) is 29.2 Å². The molecule has 1 fully saturated rings. The summed E-state index contributed by atoms with van der Waals surface area (Å²) in [7, 11) is -4.08. The number of rotatable bonds is 11. The highest BCUT2D eigenvalue weighted by molar-refractivity contribution is 7.89. The maximum Gasteiger partial charge on any atom is 0.416 e. The quantitative estimate of drug-likeness (QED) is 0.338. The van der Waals surface area contributed by atoms with Gasteiger partial charge in [-0.15, -0.1) is 12.4 Å². The third-order valence-corrected chi connectivity index (χ3v) is 7.13. The molecule has 33 heavy (non-hydrogen) atoms. The molecule has 2 atom stereocenters. The molecule has 190 valence electrons. The minimum atomic E-state index is -4.63. The Hall–Kier alpha value is -1.40. The van der Waals surface area contributed by atoms with E-state index in [1.54, 1.807) is 0 Å². The molecule has 1 aromatic carbocycles. The Labute approximate surface area is 199 Å². The zero-order valence-electron chi connectivity index (χ0n) is 18.3. The van der Waals surface area contributed by atoms with Crippen LogP contribution < -0.4 is 15.8 Å². The predicted octanol–water partition coefficient (Wildman–Crippen LogP) is 2.96. The van der Waals surface area contributed by atoms with Gasteiger partial charge < -0.3 is 16.2 Å². The van der Waals surface area contributed by atoms with Crippen LogP contribution in [0.4, 0.5) is 13.2 Å². The number of nitrogens with one attached hydrogen (secondary N) is 2. The van der Waals surface area contributed by atoms with E-state index in [-0.39, 0.29) is 25.5 Å². The number of amides is 1. The molecule has 0 aromatic heterocycles. The lowest BCUT2D eigenvalue weighted by Gasteiger charge is -2.26. The van der Waals surface area contributed by atoms with Crippen LogP contribution in [0, 0.1) is 5.92 Å². The van der Waals surface area contributed by atoms with Crippen LogP contribution in [0.5, 0.6) is 0 Å². The monoisotopic (exact) mass is 515 g/mol. The van der Waals surface area contributed by atoms with Gasteiger partial charge in [0.05, 0.1) is 10.5 Å². The van der Waals surface area contributed by atoms with Gasteiger partial charge in [0.1, 0.15) is 6.10 Å². The minimum Gasteiger partial charge on any atom is -0.382 e. The van der Waals surface area contributed by atoms with Crippen molar-refractivity contribution in [3.63, 3.8) is 0 Å². The molecule has 7 nitrogen and oxygen atoms in total. The van der Waals surface area contributed by atoms with Crippen molar-refractivity contribution < 1.29 is 31.5 Å². The van der Waals surface area contributed by atoms with E-state index in [4.69, 9.17) is 5.73 Å². The molecule has 0 radical (unpaired) electrons. The first-order chi connectivity index (χ1) is 15.0. The molecule has 1 amide bonds. The summed E-state index contributed by atoms with van der Waals surface area (Å²) in [5.74, 6) is -0.121. The highest BCUT2D eigenvalue weighted by Gasteiger charge is 2.31. The lowest BCUT2D eigenvalue weighted by molar-refractivity contribution is -0.137. The van der Waals surface area contributed by atoms with E-state index in [0.29, 0.717) is 31.2 Å². The molecule has 0 aliphatic heterocycles. The Balaban J connectivity index is 0.00000544. The van der Waals surface area contributed by atoms with Gasteiger partial charge in [-0.25, -0.2) is 13.1 Å². The van der Waals surface area contributed by atoms with E-state index >= 15 is 0 Å². The fourth-order valence-corrected chi connectivity index (χ4v) is 4.95. The molecule has 1 unspecified atom stereocenters. The molecule has 12 heteroatoms. The SMILES string of the molecule is Cl.N[C@H](CC1CCCCC1)C(O)C(=O)NCCCCNS(=O)(=O)c1cccc(C(F)(F)F)c1. The van der Waals surface area contributed by atoms with E-state index in [1.165, 1.54) is 6.42 Å². The first-order valence-corrected chi connectivity index (χ1v) is 12.4. The van der Waals surface area contributed by atoms with Crippen LogP contribution in [-0.2, 0) is 21.0 Å². The maximum atomic E-state index is 12.8. The summed E-state index contributed by atoms with van der Waals surface area (Å²) in [6, 6.07) is 2.89. The van der Waals surface area contributed by atoms with Gasteiger partial charge in [0.2, 0.25) is 15.9 Å². The molecule has 5 N–H and O–H groups in total.